The van der Waals surface area contributed by atoms with Crippen LogP contribution in [0.15, 0.2) is 48.0 Å². The first-order valence-corrected chi connectivity index (χ1v) is 9.71. The lowest BCUT2D eigenvalue weighted by Gasteiger charge is -1.99. The number of rotatable bonds is 5. The molecule has 1 amide bonds. The molecule has 5 heteroatoms. The van der Waals surface area contributed by atoms with Gasteiger partial charge in [0.05, 0.1) is 10.6 Å². The zero-order valence-corrected chi connectivity index (χ0v) is 15.6. The third-order valence-electron chi connectivity index (χ3n) is 3.41. The van der Waals surface area contributed by atoms with Gasteiger partial charge >= 0.3 is 0 Å². The van der Waals surface area contributed by atoms with E-state index in [0.717, 1.165) is 25.0 Å². The number of carbonyl (C=O) groups is 1. The normalized spacial score (nSPS) is 10.1. The highest BCUT2D eigenvalue weighted by Crippen LogP contribution is 2.26. The molecule has 2 N–H and O–H groups in total. The van der Waals surface area contributed by atoms with Crippen LogP contribution in [-0.4, -0.2) is 10.9 Å². The number of pyridine rings is 1. The molecule has 3 aromatic heterocycles. The van der Waals surface area contributed by atoms with Crippen LogP contribution >= 0.6 is 22.7 Å². The van der Waals surface area contributed by atoms with Crippen LogP contribution in [0, 0.1) is 0 Å². The second-order valence-electron chi connectivity index (χ2n) is 5.21. The van der Waals surface area contributed by atoms with Crippen molar-refractivity contribution in [3.05, 3.63) is 62.6 Å². The summed E-state index contributed by atoms with van der Waals surface area (Å²) in [4.78, 5) is 18.3. The van der Waals surface area contributed by atoms with E-state index in [4.69, 9.17) is 5.73 Å². The number of hydrogen-bond acceptors (Lipinski definition) is 4. The molecule has 3 nitrogen and oxygen atoms in total. The van der Waals surface area contributed by atoms with E-state index in [1.807, 2.05) is 24.4 Å². The van der Waals surface area contributed by atoms with Crippen molar-refractivity contribution in [1.29, 1.82) is 0 Å². The number of aromatic nitrogens is 1. The Bertz CT molecular complexity index is 763. The maximum Gasteiger partial charge on any atom is 0.258 e. The van der Waals surface area contributed by atoms with Gasteiger partial charge in [0.25, 0.3) is 5.91 Å². The fraction of sp³-hybridized carbons (Fsp3) is 0.263. The second kappa shape index (κ2) is 9.35. The average Bonchev–Trinajstić information content (AvgIpc) is 3.25. The molecule has 0 aromatic carbocycles. The van der Waals surface area contributed by atoms with Crippen molar-refractivity contribution in [2.75, 3.05) is 0 Å². The van der Waals surface area contributed by atoms with E-state index < -0.39 is 0 Å². The number of thiophene rings is 2. The summed E-state index contributed by atoms with van der Waals surface area (Å²) >= 11 is 3.30. The largest absolute Gasteiger partial charge is 0.365 e. The van der Waals surface area contributed by atoms with E-state index in [1.165, 1.54) is 26.7 Å². The highest BCUT2D eigenvalue weighted by molar-refractivity contribution is 7.14. The summed E-state index contributed by atoms with van der Waals surface area (Å²) in [6.45, 7) is 4.29. The van der Waals surface area contributed by atoms with Crippen molar-refractivity contribution < 1.29 is 4.79 Å². The third kappa shape index (κ3) is 5.01. The van der Waals surface area contributed by atoms with E-state index >= 15 is 0 Å². The Labute approximate surface area is 151 Å². The fourth-order valence-electron chi connectivity index (χ4n) is 2.26. The number of primary amides is 1. The Kier molecular flexibility index (Phi) is 7.15. The smallest absolute Gasteiger partial charge is 0.258 e. The molecule has 0 atom stereocenters. The molecule has 0 aliphatic heterocycles. The first-order valence-electron chi connectivity index (χ1n) is 8.02. The highest BCUT2D eigenvalue weighted by Gasteiger charge is 2.05. The van der Waals surface area contributed by atoms with E-state index in [0.29, 0.717) is 4.88 Å². The minimum absolute atomic E-state index is 0.322. The zero-order chi connectivity index (χ0) is 17.4. The molecule has 3 aromatic rings. The summed E-state index contributed by atoms with van der Waals surface area (Å²) in [5, 5.41) is 2.13. The van der Waals surface area contributed by atoms with Crippen molar-refractivity contribution in [1.82, 2.24) is 4.98 Å². The standard InChI is InChI=1S/C11H11NS.C8H11NOS/c1-2-11-9(6-8-13-11)10-5-3-4-7-12-10;1-2-3-6-4-5-7(11-6)8(9)10/h3-8H,2H2,1H3;4-5H,2-3H2,1H3,(H2,9,10). The topological polar surface area (TPSA) is 56.0 Å². The summed E-state index contributed by atoms with van der Waals surface area (Å²) in [6, 6.07) is 11.9. The number of carbonyl (C=O) groups excluding carboxylic acids is 1. The van der Waals surface area contributed by atoms with Gasteiger partial charge in [-0.15, -0.1) is 22.7 Å². The van der Waals surface area contributed by atoms with Gasteiger partial charge in [-0.1, -0.05) is 26.3 Å². The molecule has 0 aliphatic rings. The monoisotopic (exact) mass is 358 g/mol. The molecular formula is C19H22N2OS2. The Balaban J connectivity index is 0.000000177. The molecule has 24 heavy (non-hydrogen) atoms. The molecular weight excluding hydrogens is 336 g/mol. The van der Waals surface area contributed by atoms with Gasteiger partial charge in [0.15, 0.2) is 0 Å². The molecule has 0 unspecified atom stereocenters. The van der Waals surface area contributed by atoms with E-state index in [2.05, 4.69) is 36.3 Å². The maximum atomic E-state index is 10.7. The van der Waals surface area contributed by atoms with Gasteiger partial charge in [-0.25, -0.2) is 0 Å². The predicted molar refractivity (Wildman–Crippen MR) is 104 cm³/mol. The van der Waals surface area contributed by atoms with E-state index in [9.17, 15) is 4.79 Å². The molecule has 3 rings (SSSR count). The lowest BCUT2D eigenvalue weighted by molar-refractivity contribution is 0.100. The van der Waals surface area contributed by atoms with Crippen LogP contribution < -0.4 is 5.73 Å². The molecule has 0 saturated heterocycles. The second-order valence-corrected chi connectivity index (χ2v) is 7.38. The van der Waals surface area contributed by atoms with Crippen LogP contribution in [0.1, 0.15) is 39.7 Å². The van der Waals surface area contributed by atoms with Gasteiger partial charge in [-0.05, 0) is 48.6 Å². The SMILES string of the molecule is CCCc1ccc(C(N)=O)s1.CCc1sccc1-c1ccccn1. The van der Waals surface area contributed by atoms with Gasteiger partial charge in [-0.2, -0.15) is 0 Å². The van der Waals surface area contributed by atoms with Gasteiger partial charge in [-0.3, -0.25) is 9.78 Å². The number of nitrogens with two attached hydrogens (primary N) is 1. The number of amides is 1. The van der Waals surface area contributed by atoms with Crippen molar-refractivity contribution in [2.24, 2.45) is 5.73 Å². The minimum atomic E-state index is -0.322. The minimum Gasteiger partial charge on any atom is -0.365 e. The van der Waals surface area contributed by atoms with Crippen LogP contribution in [0.4, 0.5) is 0 Å². The molecule has 0 bridgehead atoms. The van der Waals surface area contributed by atoms with Gasteiger partial charge in [0, 0.05) is 21.5 Å². The zero-order valence-electron chi connectivity index (χ0n) is 14.0. The average molecular weight is 359 g/mol. The molecule has 0 fully saturated rings. The number of nitrogens with zero attached hydrogens (tertiary/aromatic N) is 1. The van der Waals surface area contributed by atoms with Crippen molar-refractivity contribution in [2.45, 2.75) is 33.1 Å². The van der Waals surface area contributed by atoms with Crippen molar-refractivity contribution in [3.8, 4) is 11.3 Å². The Morgan fingerprint density at radius 2 is 2.00 bits per heavy atom. The molecule has 3 heterocycles. The predicted octanol–water partition coefficient (Wildman–Crippen LogP) is 5.17. The molecule has 126 valence electrons. The first kappa shape index (κ1) is 18.4. The summed E-state index contributed by atoms with van der Waals surface area (Å²) in [7, 11) is 0. The molecule has 0 radical (unpaired) electrons. The summed E-state index contributed by atoms with van der Waals surface area (Å²) in [6.07, 6.45) is 5.08. The first-order chi connectivity index (χ1) is 11.7. The van der Waals surface area contributed by atoms with Crippen LogP contribution in [0.2, 0.25) is 0 Å². The van der Waals surface area contributed by atoms with Crippen molar-refractivity contribution in [3.63, 3.8) is 0 Å². The maximum absolute atomic E-state index is 10.7. The van der Waals surface area contributed by atoms with Crippen LogP contribution in [0.3, 0.4) is 0 Å². The fourth-order valence-corrected chi connectivity index (χ4v) is 4.05. The lowest BCUT2D eigenvalue weighted by Crippen LogP contribution is -2.08. The quantitative estimate of drug-likeness (QED) is 0.684. The van der Waals surface area contributed by atoms with Crippen LogP contribution in [-0.2, 0) is 12.8 Å². The van der Waals surface area contributed by atoms with E-state index in [-0.39, 0.29) is 5.91 Å². The third-order valence-corrected chi connectivity index (χ3v) is 5.63. The Morgan fingerprint density at radius 1 is 1.17 bits per heavy atom. The summed E-state index contributed by atoms with van der Waals surface area (Å²) < 4.78 is 0. The van der Waals surface area contributed by atoms with Crippen molar-refractivity contribution >= 4 is 28.6 Å². The molecule has 0 aliphatic carbocycles. The number of aryl methyl sites for hydroxylation is 2. The lowest BCUT2D eigenvalue weighted by atomic mass is 10.1. The molecule has 0 saturated carbocycles. The van der Waals surface area contributed by atoms with Gasteiger partial charge in [0.1, 0.15) is 0 Å². The Hall–Kier alpha value is -1.98. The molecule has 0 spiro atoms. The number of hydrogen-bond donors (Lipinski definition) is 1. The summed E-state index contributed by atoms with van der Waals surface area (Å²) in [5.74, 6) is -0.322. The van der Waals surface area contributed by atoms with Crippen LogP contribution in [0.25, 0.3) is 11.3 Å². The van der Waals surface area contributed by atoms with Gasteiger partial charge < -0.3 is 5.73 Å². The highest BCUT2D eigenvalue weighted by atomic mass is 32.1. The Morgan fingerprint density at radius 3 is 2.58 bits per heavy atom. The van der Waals surface area contributed by atoms with Crippen LogP contribution in [0.5, 0.6) is 0 Å². The summed E-state index contributed by atoms with van der Waals surface area (Å²) in [5.41, 5.74) is 7.46. The van der Waals surface area contributed by atoms with E-state index in [1.54, 1.807) is 17.4 Å². The van der Waals surface area contributed by atoms with Gasteiger partial charge in [0.2, 0.25) is 0 Å².